The number of nitrogens with two attached hydrogens (primary N) is 1. The van der Waals surface area contributed by atoms with Crippen LogP contribution in [-0.2, 0) is 89.1 Å². The van der Waals surface area contributed by atoms with Crippen molar-refractivity contribution in [3.8, 4) is 0 Å². The number of fused-ring (bicyclic) bond motifs is 2. The zero-order valence-corrected chi connectivity index (χ0v) is 45.5. The number of ether oxygens (including phenoxy) is 10. The second-order valence-electron chi connectivity index (χ2n) is 17.6. The summed E-state index contributed by atoms with van der Waals surface area (Å²) >= 11 is 0. The van der Waals surface area contributed by atoms with Crippen molar-refractivity contribution >= 4 is 58.7 Å². The second kappa shape index (κ2) is 37.7. The van der Waals surface area contributed by atoms with E-state index in [4.69, 9.17) is 57.9 Å². The number of hydrogen-bond acceptors (Lipinski definition) is 21. The van der Waals surface area contributed by atoms with Crippen LogP contribution in [0.15, 0.2) is 47.2 Å². The Morgan fingerprint density at radius 2 is 1.22 bits per heavy atom. The molecule has 4 N–H and O–H groups in total. The Bertz CT molecular complexity index is 2310. The first-order valence-electron chi connectivity index (χ1n) is 26.7. The SMILES string of the molecule is CCCN(OCC)C(=O)C1=Cc2ncc(C(=O)Nc3cnc4c(c3)CN(C(=O)CCOCCOCCOCCOCCOCCOCCOCCOCCOCCOCCNC(=O)CN3C(=O)C=CC3=O)CC4)cc2N=C(N)C1. The summed E-state index contributed by atoms with van der Waals surface area (Å²) in [7, 11) is 0. The number of aromatic nitrogens is 2. The average molecular weight is 1110 g/mol. The van der Waals surface area contributed by atoms with Crippen molar-refractivity contribution in [2.75, 3.05) is 170 Å². The fraction of sp³-hybridized carbons (Fsp3) is 0.604. The van der Waals surface area contributed by atoms with Crippen molar-refractivity contribution in [3.05, 3.63) is 64.8 Å². The van der Waals surface area contributed by atoms with Gasteiger partial charge in [-0.25, -0.2) is 10.1 Å². The molecule has 6 amide bonds. The molecule has 79 heavy (non-hydrogen) atoms. The van der Waals surface area contributed by atoms with E-state index in [0.717, 1.165) is 28.3 Å². The van der Waals surface area contributed by atoms with Crippen molar-refractivity contribution in [2.24, 2.45) is 10.7 Å². The van der Waals surface area contributed by atoms with Gasteiger partial charge in [0.05, 0.1) is 174 Å². The number of amides is 6. The zero-order chi connectivity index (χ0) is 56.3. The maximum atomic E-state index is 13.4. The predicted octanol–water partition coefficient (Wildman–Crippen LogP) is 1.18. The number of hydroxylamine groups is 2. The van der Waals surface area contributed by atoms with E-state index in [2.05, 4.69) is 25.6 Å². The van der Waals surface area contributed by atoms with Crippen molar-refractivity contribution in [2.45, 2.75) is 46.1 Å². The molecule has 0 saturated carbocycles. The summed E-state index contributed by atoms with van der Waals surface area (Å²) in [6, 6.07) is 3.40. The molecule has 3 aliphatic rings. The molecule has 0 saturated heterocycles. The predicted molar refractivity (Wildman–Crippen MR) is 285 cm³/mol. The summed E-state index contributed by atoms with van der Waals surface area (Å²) in [5.74, 6) is -2.02. The highest BCUT2D eigenvalue weighted by atomic mass is 16.7. The number of rotatable bonds is 42. The van der Waals surface area contributed by atoms with E-state index in [1.165, 1.54) is 11.3 Å². The van der Waals surface area contributed by atoms with Crippen LogP contribution in [0.4, 0.5) is 11.4 Å². The minimum absolute atomic E-state index is 0.0441. The molecule has 26 heteroatoms. The molecule has 26 nitrogen and oxygen atoms in total. The minimum Gasteiger partial charge on any atom is -0.387 e. The van der Waals surface area contributed by atoms with E-state index in [1.807, 2.05) is 19.9 Å². The van der Waals surface area contributed by atoms with Gasteiger partial charge in [-0.3, -0.25) is 48.5 Å². The normalized spacial score (nSPS) is 13.9. The number of hydrogen-bond donors (Lipinski definition) is 3. The van der Waals surface area contributed by atoms with Gasteiger partial charge in [0.15, 0.2) is 0 Å². The summed E-state index contributed by atoms with van der Waals surface area (Å²) in [5.41, 5.74) is 9.76. The molecule has 2 aromatic rings. The fourth-order valence-electron chi connectivity index (χ4n) is 7.63. The molecule has 0 atom stereocenters. The first-order chi connectivity index (χ1) is 38.6. The van der Waals surface area contributed by atoms with Crippen molar-refractivity contribution < 1.29 is 81.0 Å². The Labute approximate surface area is 460 Å². The van der Waals surface area contributed by atoms with Crippen LogP contribution in [-0.4, -0.2) is 231 Å². The van der Waals surface area contributed by atoms with Crippen LogP contribution < -0.4 is 16.4 Å². The largest absolute Gasteiger partial charge is 0.387 e. The maximum Gasteiger partial charge on any atom is 0.273 e. The van der Waals surface area contributed by atoms with Crippen LogP contribution in [0.2, 0.25) is 0 Å². The van der Waals surface area contributed by atoms with Crippen LogP contribution in [0.25, 0.3) is 6.08 Å². The number of carbonyl (C=O) groups is 6. The summed E-state index contributed by atoms with van der Waals surface area (Å²) < 4.78 is 55.1. The highest BCUT2D eigenvalue weighted by Gasteiger charge is 2.27. The van der Waals surface area contributed by atoms with Crippen molar-refractivity contribution in [1.82, 2.24) is 30.1 Å². The van der Waals surface area contributed by atoms with Gasteiger partial charge in [0, 0.05) is 68.6 Å². The monoisotopic (exact) mass is 1110 g/mol. The smallest absolute Gasteiger partial charge is 0.273 e. The highest BCUT2D eigenvalue weighted by molar-refractivity contribution is 6.14. The second-order valence-corrected chi connectivity index (χ2v) is 17.6. The van der Waals surface area contributed by atoms with Gasteiger partial charge >= 0.3 is 0 Å². The Morgan fingerprint density at radius 3 is 1.75 bits per heavy atom. The van der Waals surface area contributed by atoms with E-state index in [-0.39, 0.29) is 62.4 Å². The van der Waals surface area contributed by atoms with Gasteiger partial charge in [0.2, 0.25) is 11.8 Å². The molecule has 436 valence electrons. The van der Waals surface area contributed by atoms with Gasteiger partial charge in [-0.15, -0.1) is 0 Å². The van der Waals surface area contributed by atoms with Crippen molar-refractivity contribution in [3.63, 3.8) is 0 Å². The van der Waals surface area contributed by atoms with Gasteiger partial charge in [-0.1, -0.05) is 6.92 Å². The number of aliphatic imine (C=N–C) groups is 1. The number of imide groups is 1. The summed E-state index contributed by atoms with van der Waals surface area (Å²) in [5, 5.41) is 6.78. The number of pyridine rings is 2. The van der Waals surface area contributed by atoms with Crippen LogP contribution in [0.1, 0.15) is 60.4 Å². The molecule has 0 bridgehead atoms. The van der Waals surface area contributed by atoms with Crippen molar-refractivity contribution in [1.29, 1.82) is 0 Å². The molecule has 3 aliphatic heterocycles. The molecule has 0 radical (unpaired) electrons. The van der Waals surface area contributed by atoms with E-state index >= 15 is 0 Å². The number of anilines is 1. The summed E-state index contributed by atoms with van der Waals surface area (Å²) in [6.07, 6.45) is 8.52. The van der Waals surface area contributed by atoms with Crippen LogP contribution in [0.5, 0.6) is 0 Å². The van der Waals surface area contributed by atoms with E-state index < -0.39 is 23.6 Å². The van der Waals surface area contributed by atoms with Crippen LogP contribution in [0.3, 0.4) is 0 Å². The molecule has 2 aromatic heterocycles. The third-order valence-electron chi connectivity index (χ3n) is 11.5. The molecule has 0 spiro atoms. The van der Waals surface area contributed by atoms with E-state index in [0.29, 0.717) is 181 Å². The van der Waals surface area contributed by atoms with Crippen LogP contribution in [0, 0.1) is 0 Å². The van der Waals surface area contributed by atoms with E-state index in [9.17, 15) is 28.8 Å². The van der Waals surface area contributed by atoms with Gasteiger partial charge in [0.25, 0.3) is 23.6 Å². The van der Waals surface area contributed by atoms with Gasteiger partial charge < -0.3 is 68.6 Å². The number of nitrogens with zero attached hydrogens (tertiary/aromatic N) is 6. The van der Waals surface area contributed by atoms with Crippen LogP contribution >= 0.6 is 0 Å². The first-order valence-corrected chi connectivity index (χ1v) is 26.7. The molecule has 5 heterocycles. The fourth-order valence-corrected chi connectivity index (χ4v) is 7.63. The number of carbonyl (C=O) groups excluding carboxylic acids is 6. The Morgan fingerprint density at radius 1 is 0.684 bits per heavy atom. The van der Waals surface area contributed by atoms with E-state index in [1.54, 1.807) is 23.2 Å². The third kappa shape index (κ3) is 24.4. The Balaban J connectivity index is 0.766. The average Bonchev–Trinajstić information content (AvgIpc) is 3.65. The molecular weight excluding hydrogens is 1030 g/mol. The molecule has 0 fully saturated rings. The summed E-state index contributed by atoms with van der Waals surface area (Å²) in [4.78, 5) is 96.0. The lowest BCUT2D eigenvalue weighted by molar-refractivity contribution is -0.180. The lowest BCUT2D eigenvalue weighted by Crippen LogP contribution is -2.41. The summed E-state index contributed by atoms with van der Waals surface area (Å²) in [6.45, 7) is 13.3. The minimum atomic E-state index is -0.501. The molecule has 0 unspecified atom stereocenters. The zero-order valence-electron chi connectivity index (χ0n) is 45.5. The molecule has 0 aromatic carbocycles. The third-order valence-corrected chi connectivity index (χ3v) is 11.5. The number of nitrogens with one attached hydrogen (secondary N) is 2. The van der Waals surface area contributed by atoms with Gasteiger partial charge in [0.1, 0.15) is 12.4 Å². The standard InChI is InChI=1S/C53H77N9O17/c1-3-10-62(79-4-2)53(68)40-33-45-46(59-47(54)35-40)34-41(36-56-45)52(67)58-43-32-42-38-60(11-7-44(42)57-37-43)49(64)8-12-69-14-16-71-18-20-73-22-24-75-26-28-77-30-31-78-29-27-76-25-23-74-21-19-72-17-15-70-13-9-55-48(63)39-61-50(65)5-6-51(61)66/h5-6,32-34,36-37H,3-4,7-31,35,38-39H2,1-2H3,(H2,54,59)(H,55,63)(H,58,67). The molecular formula is C53H77N9O17. The number of amidine groups is 1. The lowest BCUT2D eigenvalue weighted by Gasteiger charge is -2.28. The first kappa shape index (κ1) is 63.7. The molecule has 0 aliphatic carbocycles. The Kier molecular flexibility index (Phi) is 30.3. The Hall–Kier alpha value is -6.17. The quantitative estimate of drug-likeness (QED) is 0.0478. The molecule has 5 rings (SSSR count). The topological polar surface area (TPSA) is 302 Å². The maximum absolute atomic E-state index is 13.4. The lowest BCUT2D eigenvalue weighted by atomic mass is 10.0. The highest BCUT2D eigenvalue weighted by Crippen LogP contribution is 2.28. The van der Waals surface area contributed by atoms with Gasteiger partial charge in [-0.2, -0.15) is 0 Å². The van der Waals surface area contributed by atoms with Gasteiger partial charge in [-0.05, 0) is 37.1 Å².